The quantitative estimate of drug-likeness (QED) is 0.583. The number of nitrogens with one attached hydrogen (secondary N) is 1. The molecule has 0 heterocycles. The van der Waals surface area contributed by atoms with Crippen molar-refractivity contribution in [3.63, 3.8) is 0 Å². The third-order valence-electron chi connectivity index (χ3n) is 4.52. The zero-order chi connectivity index (χ0) is 21.7. The first-order chi connectivity index (χ1) is 14.3. The Bertz CT molecular complexity index is 1140. The van der Waals surface area contributed by atoms with Crippen molar-refractivity contribution in [1.82, 2.24) is 0 Å². The summed E-state index contributed by atoms with van der Waals surface area (Å²) in [7, 11) is -3.95. The van der Waals surface area contributed by atoms with Crippen molar-refractivity contribution >= 4 is 33.1 Å². The number of nitrogens with zero attached hydrogens (tertiary/aromatic N) is 1. The summed E-state index contributed by atoms with van der Waals surface area (Å²) in [5, 5.41) is 2.68. The first kappa shape index (κ1) is 21.3. The van der Waals surface area contributed by atoms with Gasteiger partial charge in [0.1, 0.15) is 6.54 Å². The highest BCUT2D eigenvalue weighted by atomic mass is 32.2. The summed E-state index contributed by atoms with van der Waals surface area (Å²) in [6, 6.07) is 21.4. The van der Waals surface area contributed by atoms with Gasteiger partial charge < -0.3 is 5.32 Å². The van der Waals surface area contributed by atoms with E-state index in [0.717, 1.165) is 9.87 Å². The van der Waals surface area contributed by atoms with Gasteiger partial charge in [-0.1, -0.05) is 35.9 Å². The standard InChI is InChI=1S/C23H22N2O4S/c1-17-8-14-22(15-9-17)30(28,29)25(21-6-4-3-5-7-21)16-23(27)24-20-12-10-19(11-13-20)18(2)26/h3-15H,16H2,1-2H3,(H,24,27). The van der Waals surface area contributed by atoms with Gasteiger partial charge in [0.2, 0.25) is 5.91 Å². The van der Waals surface area contributed by atoms with E-state index < -0.39 is 22.5 Å². The minimum Gasteiger partial charge on any atom is -0.325 e. The third kappa shape index (κ3) is 4.93. The Kier molecular flexibility index (Phi) is 6.32. The fourth-order valence-electron chi connectivity index (χ4n) is 2.87. The molecule has 7 heteroatoms. The topological polar surface area (TPSA) is 83.6 Å². The molecule has 0 aromatic heterocycles. The summed E-state index contributed by atoms with van der Waals surface area (Å²) in [5.74, 6) is -0.572. The van der Waals surface area contributed by atoms with Gasteiger partial charge in [-0.15, -0.1) is 0 Å². The van der Waals surface area contributed by atoms with Crippen LogP contribution in [0.2, 0.25) is 0 Å². The average molecular weight is 423 g/mol. The van der Waals surface area contributed by atoms with Gasteiger partial charge in [0.15, 0.2) is 5.78 Å². The van der Waals surface area contributed by atoms with E-state index in [4.69, 9.17) is 0 Å². The van der Waals surface area contributed by atoms with Crippen LogP contribution < -0.4 is 9.62 Å². The number of rotatable bonds is 7. The van der Waals surface area contributed by atoms with Gasteiger partial charge in [0, 0.05) is 11.3 Å². The van der Waals surface area contributed by atoms with Crippen molar-refractivity contribution in [3.05, 3.63) is 90.0 Å². The van der Waals surface area contributed by atoms with E-state index in [1.807, 2.05) is 6.92 Å². The molecular formula is C23H22N2O4S. The van der Waals surface area contributed by atoms with Gasteiger partial charge in [0.05, 0.1) is 10.6 Å². The largest absolute Gasteiger partial charge is 0.325 e. The molecule has 0 radical (unpaired) electrons. The maximum Gasteiger partial charge on any atom is 0.264 e. The molecule has 154 valence electrons. The predicted molar refractivity (Wildman–Crippen MR) is 117 cm³/mol. The van der Waals surface area contributed by atoms with Gasteiger partial charge in [-0.2, -0.15) is 0 Å². The Morgan fingerprint density at radius 3 is 2.03 bits per heavy atom. The van der Waals surface area contributed by atoms with Crippen LogP contribution in [0, 0.1) is 6.92 Å². The van der Waals surface area contributed by atoms with Gasteiger partial charge >= 0.3 is 0 Å². The van der Waals surface area contributed by atoms with Gasteiger partial charge in [0.25, 0.3) is 10.0 Å². The highest BCUT2D eigenvalue weighted by Crippen LogP contribution is 2.24. The molecule has 0 bridgehead atoms. The molecule has 3 rings (SSSR count). The van der Waals surface area contributed by atoms with E-state index >= 15 is 0 Å². The Hall–Kier alpha value is -3.45. The Morgan fingerprint density at radius 1 is 0.867 bits per heavy atom. The smallest absolute Gasteiger partial charge is 0.264 e. The van der Waals surface area contributed by atoms with Crippen molar-refractivity contribution in [2.45, 2.75) is 18.7 Å². The van der Waals surface area contributed by atoms with Crippen LogP contribution in [0.4, 0.5) is 11.4 Å². The maximum absolute atomic E-state index is 13.3. The molecule has 0 aliphatic carbocycles. The number of ketones is 1. The molecule has 1 N–H and O–H groups in total. The summed E-state index contributed by atoms with van der Waals surface area (Å²) in [4.78, 5) is 24.2. The lowest BCUT2D eigenvalue weighted by Crippen LogP contribution is -2.38. The second kappa shape index (κ2) is 8.92. The normalized spacial score (nSPS) is 11.0. The number of hydrogen-bond acceptors (Lipinski definition) is 4. The Morgan fingerprint density at radius 2 is 1.47 bits per heavy atom. The molecule has 3 aromatic rings. The van der Waals surface area contributed by atoms with Crippen LogP contribution in [0.25, 0.3) is 0 Å². The number of carbonyl (C=O) groups excluding carboxylic acids is 2. The minimum atomic E-state index is -3.95. The molecule has 0 saturated carbocycles. The van der Waals surface area contributed by atoms with Crippen molar-refractivity contribution in [3.8, 4) is 0 Å². The van der Waals surface area contributed by atoms with Gasteiger partial charge in [-0.3, -0.25) is 13.9 Å². The maximum atomic E-state index is 13.3. The number of anilines is 2. The fourth-order valence-corrected chi connectivity index (χ4v) is 4.29. The monoisotopic (exact) mass is 422 g/mol. The van der Waals surface area contributed by atoms with E-state index in [0.29, 0.717) is 16.9 Å². The van der Waals surface area contributed by atoms with Crippen molar-refractivity contribution in [2.75, 3.05) is 16.2 Å². The lowest BCUT2D eigenvalue weighted by Gasteiger charge is -2.24. The zero-order valence-corrected chi connectivity index (χ0v) is 17.5. The molecule has 1 amide bonds. The molecule has 0 atom stereocenters. The molecular weight excluding hydrogens is 400 g/mol. The number of amides is 1. The number of hydrogen-bond donors (Lipinski definition) is 1. The Labute approximate surface area is 176 Å². The van der Waals surface area contributed by atoms with E-state index in [1.165, 1.54) is 19.1 Å². The molecule has 30 heavy (non-hydrogen) atoms. The van der Waals surface area contributed by atoms with Gasteiger partial charge in [-0.25, -0.2) is 8.42 Å². The van der Waals surface area contributed by atoms with E-state index in [2.05, 4.69) is 5.32 Å². The fraction of sp³-hybridized carbons (Fsp3) is 0.130. The summed E-state index contributed by atoms with van der Waals surface area (Å²) < 4.78 is 27.6. The molecule has 0 aliphatic heterocycles. The van der Waals surface area contributed by atoms with E-state index in [1.54, 1.807) is 66.7 Å². The summed E-state index contributed by atoms with van der Waals surface area (Å²) in [6.45, 7) is 2.94. The summed E-state index contributed by atoms with van der Waals surface area (Å²) in [6.07, 6.45) is 0. The lowest BCUT2D eigenvalue weighted by atomic mass is 10.1. The van der Waals surface area contributed by atoms with Crippen molar-refractivity contribution in [1.29, 1.82) is 0 Å². The number of Topliss-reactive ketones (excluding diaryl/α,β-unsaturated/α-hetero) is 1. The molecule has 3 aromatic carbocycles. The molecule has 0 aliphatic rings. The molecule has 0 spiro atoms. The molecule has 6 nitrogen and oxygen atoms in total. The van der Waals surface area contributed by atoms with Crippen LogP contribution in [0.3, 0.4) is 0 Å². The molecule has 0 unspecified atom stereocenters. The third-order valence-corrected chi connectivity index (χ3v) is 6.30. The minimum absolute atomic E-state index is 0.0766. The van der Waals surface area contributed by atoms with E-state index in [9.17, 15) is 18.0 Å². The second-order valence-corrected chi connectivity index (χ2v) is 8.70. The number of sulfonamides is 1. The van der Waals surface area contributed by atoms with Crippen LogP contribution in [0.15, 0.2) is 83.8 Å². The second-order valence-electron chi connectivity index (χ2n) is 6.84. The Balaban J connectivity index is 1.87. The van der Waals surface area contributed by atoms with Crippen molar-refractivity contribution < 1.29 is 18.0 Å². The summed E-state index contributed by atoms with van der Waals surface area (Å²) in [5.41, 5.74) is 2.33. The highest BCUT2D eigenvalue weighted by molar-refractivity contribution is 7.92. The van der Waals surface area contributed by atoms with Crippen LogP contribution in [0.1, 0.15) is 22.8 Å². The molecule has 0 fully saturated rings. The predicted octanol–water partition coefficient (Wildman–Crippen LogP) is 4.03. The average Bonchev–Trinajstić information content (AvgIpc) is 2.73. The first-order valence-corrected chi connectivity index (χ1v) is 10.8. The van der Waals surface area contributed by atoms with Crippen LogP contribution >= 0.6 is 0 Å². The van der Waals surface area contributed by atoms with Crippen molar-refractivity contribution in [2.24, 2.45) is 0 Å². The number of aryl methyl sites for hydroxylation is 1. The summed E-state index contributed by atoms with van der Waals surface area (Å²) >= 11 is 0. The van der Waals surface area contributed by atoms with E-state index in [-0.39, 0.29) is 10.7 Å². The number of para-hydroxylation sites is 1. The SMILES string of the molecule is CC(=O)c1ccc(NC(=O)CN(c2ccccc2)S(=O)(=O)c2ccc(C)cc2)cc1. The first-order valence-electron chi connectivity index (χ1n) is 9.33. The van der Waals surface area contributed by atoms with Crippen LogP contribution in [-0.2, 0) is 14.8 Å². The van der Waals surface area contributed by atoms with Gasteiger partial charge in [-0.05, 0) is 62.4 Å². The van der Waals surface area contributed by atoms with Crippen LogP contribution in [0.5, 0.6) is 0 Å². The highest BCUT2D eigenvalue weighted by Gasteiger charge is 2.27. The number of carbonyl (C=O) groups is 2. The van der Waals surface area contributed by atoms with Crippen LogP contribution in [-0.4, -0.2) is 26.7 Å². The molecule has 0 saturated heterocycles. The zero-order valence-electron chi connectivity index (χ0n) is 16.7. The lowest BCUT2D eigenvalue weighted by molar-refractivity contribution is -0.114. The number of benzene rings is 3.